The molecule has 0 aromatic heterocycles. The van der Waals surface area contributed by atoms with Gasteiger partial charge in [-0.25, -0.2) is 4.39 Å². The fourth-order valence-electron chi connectivity index (χ4n) is 1.55. The first-order chi connectivity index (χ1) is 7.80. The van der Waals surface area contributed by atoms with Crippen LogP contribution in [0.15, 0.2) is 18.2 Å². The molecule has 0 amide bonds. The van der Waals surface area contributed by atoms with Crippen LogP contribution >= 0.6 is 11.6 Å². The molecule has 0 aliphatic carbocycles. The molecular formula is C14H18ClFO. The molecular weight excluding hydrogens is 239 g/mol. The SMILES string of the molecule is CC(C)(C)C(=O)CCCc1cc(F)ccc1Cl. The number of rotatable bonds is 4. The summed E-state index contributed by atoms with van der Waals surface area (Å²) in [4.78, 5) is 11.7. The maximum absolute atomic E-state index is 13.0. The van der Waals surface area contributed by atoms with Crippen LogP contribution in [0, 0.1) is 11.2 Å². The molecule has 0 spiro atoms. The second kappa shape index (κ2) is 5.63. The molecule has 0 bridgehead atoms. The van der Waals surface area contributed by atoms with Gasteiger partial charge in [0.15, 0.2) is 0 Å². The van der Waals surface area contributed by atoms with Gasteiger partial charge in [-0.15, -0.1) is 0 Å². The largest absolute Gasteiger partial charge is 0.299 e. The van der Waals surface area contributed by atoms with Crippen molar-refractivity contribution in [2.24, 2.45) is 5.41 Å². The Morgan fingerprint density at radius 1 is 1.35 bits per heavy atom. The molecule has 1 nitrogen and oxygen atoms in total. The van der Waals surface area contributed by atoms with Crippen LogP contribution in [0.5, 0.6) is 0 Å². The van der Waals surface area contributed by atoms with Crippen molar-refractivity contribution >= 4 is 17.4 Å². The van der Waals surface area contributed by atoms with Gasteiger partial charge in [-0.3, -0.25) is 4.79 Å². The van der Waals surface area contributed by atoms with E-state index < -0.39 is 0 Å². The zero-order valence-electron chi connectivity index (χ0n) is 10.5. The van der Waals surface area contributed by atoms with Gasteiger partial charge in [-0.05, 0) is 36.6 Å². The lowest BCUT2D eigenvalue weighted by atomic mass is 9.87. The van der Waals surface area contributed by atoms with E-state index in [1.54, 1.807) is 6.07 Å². The van der Waals surface area contributed by atoms with E-state index in [1.165, 1.54) is 12.1 Å². The molecule has 0 saturated heterocycles. The third kappa shape index (κ3) is 4.47. The van der Waals surface area contributed by atoms with E-state index in [4.69, 9.17) is 11.6 Å². The minimum Gasteiger partial charge on any atom is -0.299 e. The number of hydrogen-bond donors (Lipinski definition) is 0. The van der Waals surface area contributed by atoms with Crippen LogP contribution in [0.2, 0.25) is 5.02 Å². The summed E-state index contributed by atoms with van der Waals surface area (Å²) in [5.41, 5.74) is 0.472. The number of hydrogen-bond acceptors (Lipinski definition) is 1. The van der Waals surface area contributed by atoms with Gasteiger partial charge in [0.1, 0.15) is 11.6 Å². The average molecular weight is 257 g/mol. The van der Waals surface area contributed by atoms with Crippen LogP contribution in [0.3, 0.4) is 0 Å². The summed E-state index contributed by atoms with van der Waals surface area (Å²) in [6, 6.07) is 4.33. The van der Waals surface area contributed by atoms with Crippen molar-refractivity contribution in [2.75, 3.05) is 0 Å². The quantitative estimate of drug-likeness (QED) is 0.780. The Balaban J connectivity index is 2.52. The molecule has 1 aromatic carbocycles. The highest BCUT2D eigenvalue weighted by Crippen LogP contribution is 2.22. The van der Waals surface area contributed by atoms with Crippen molar-refractivity contribution in [2.45, 2.75) is 40.0 Å². The van der Waals surface area contributed by atoms with Gasteiger partial charge in [0.25, 0.3) is 0 Å². The zero-order chi connectivity index (χ0) is 13.1. The highest BCUT2D eigenvalue weighted by Gasteiger charge is 2.20. The predicted octanol–water partition coefficient (Wildman–Crippen LogP) is 4.42. The summed E-state index contributed by atoms with van der Waals surface area (Å²) in [6.45, 7) is 5.72. The molecule has 0 heterocycles. The molecule has 94 valence electrons. The van der Waals surface area contributed by atoms with Gasteiger partial charge >= 0.3 is 0 Å². The molecule has 0 fully saturated rings. The van der Waals surface area contributed by atoms with Crippen LogP contribution in [-0.4, -0.2) is 5.78 Å². The molecule has 17 heavy (non-hydrogen) atoms. The number of benzene rings is 1. The Kier molecular flexibility index (Phi) is 4.70. The molecule has 0 atom stereocenters. The van der Waals surface area contributed by atoms with Crippen molar-refractivity contribution in [3.8, 4) is 0 Å². The van der Waals surface area contributed by atoms with E-state index >= 15 is 0 Å². The fraction of sp³-hybridized carbons (Fsp3) is 0.500. The topological polar surface area (TPSA) is 17.1 Å². The molecule has 1 rings (SSSR count). The van der Waals surface area contributed by atoms with E-state index in [2.05, 4.69) is 0 Å². The lowest BCUT2D eigenvalue weighted by molar-refractivity contribution is -0.126. The van der Waals surface area contributed by atoms with Gasteiger partial charge < -0.3 is 0 Å². The molecule has 0 radical (unpaired) electrons. The summed E-state index contributed by atoms with van der Waals surface area (Å²) in [6.07, 6.45) is 1.86. The molecule has 3 heteroatoms. The third-order valence-electron chi connectivity index (χ3n) is 2.69. The normalized spacial score (nSPS) is 11.6. The Labute approximate surface area is 107 Å². The van der Waals surface area contributed by atoms with E-state index in [9.17, 15) is 9.18 Å². The Bertz CT molecular complexity index is 407. The van der Waals surface area contributed by atoms with E-state index in [0.717, 1.165) is 5.56 Å². The van der Waals surface area contributed by atoms with Crippen molar-refractivity contribution < 1.29 is 9.18 Å². The van der Waals surface area contributed by atoms with E-state index in [-0.39, 0.29) is 17.0 Å². The molecule has 0 saturated carbocycles. The predicted molar refractivity (Wildman–Crippen MR) is 68.8 cm³/mol. The van der Waals surface area contributed by atoms with Crippen LogP contribution in [0.4, 0.5) is 4.39 Å². The fourth-order valence-corrected chi connectivity index (χ4v) is 1.76. The minimum atomic E-state index is -0.300. The van der Waals surface area contributed by atoms with Crippen LogP contribution < -0.4 is 0 Å². The molecule has 0 N–H and O–H groups in total. The summed E-state index contributed by atoms with van der Waals surface area (Å²) in [5, 5.41) is 0.564. The van der Waals surface area contributed by atoms with Crippen LogP contribution in [-0.2, 0) is 11.2 Å². The standard InChI is InChI=1S/C14H18ClFO/c1-14(2,3)13(17)6-4-5-10-9-11(16)7-8-12(10)15/h7-9H,4-6H2,1-3H3. The number of carbonyl (C=O) groups excluding carboxylic acids is 1. The maximum Gasteiger partial charge on any atom is 0.138 e. The summed E-state index contributed by atoms with van der Waals surface area (Å²) in [5.74, 6) is -0.0587. The summed E-state index contributed by atoms with van der Waals surface area (Å²) < 4.78 is 13.0. The van der Waals surface area contributed by atoms with Gasteiger partial charge in [0, 0.05) is 16.9 Å². The highest BCUT2D eigenvalue weighted by atomic mass is 35.5. The maximum atomic E-state index is 13.0. The van der Waals surface area contributed by atoms with Gasteiger partial charge in [-0.1, -0.05) is 32.4 Å². The molecule has 1 aromatic rings. The Morgan fingerprint density at radius 2 is 2.00 bits per heavy atom. The second-order valence-corrected chi connectivity index (χ2v) is 5.67. The highest BCUT2D eigenvalue weighted by molar-refractivity contribution is 6.31. The first kappa shape index (κ1) is 14.2. The first-order valence-corrected chi connectivity index (χ1v) is 6.16. The smallest absolute Gasteiger partial charge is 0.138 e. The minimum absolute atomic E-state index is 0.227. The van der Waals surface area contributed by atoms with Gasteiger partial charge in [-0.2, -0.15) is 0 Å². The molecule has 0 unspecified atom stereocenters. The monoisotopic (exact) mass is 256 g/mol. The summed E-state index contributed by atoms with van der Waals surface area (Å²) in [7, 11) is 0. The number of Topliss-reactive ketones (excluding diaryl/α,β-unsaturated/α-hetero) is 1. The van der Waals surface area contributed by atoms with Gasteiger partial charge in [0.05, 0.1) is 0 Å². The van der Waals surface area contributed by atoms with Crippen molar-refractivity contribution in [1.82, 2.24) is 0 Å². The number of halogens is 2. The van der Waals surface area contributed by atoms with Crippen LogP contribution in [0.25, 0.3) is 0 Å². The van der Waals surface area contributed by atoms with Crippen molar-refractivity contribution in [1.29, 1.82) is 0 Å². The average Bonchev–Trinajstić information content (AvgIpc) is 2.21. The zero-order valence-corrected chi connectivity index (χ0v) is 11.3. The number of ketones is 1. The lowest BCUT2D eigenvalue weighted by Gasteiger charge is -2.16. The Hall–Kier alpha value is -0.890. The molecule has 0 aliphatic rings. The van der Waals surface area contributed by atoms with Gasteiger partial charge in [0.2, 0.25) is 0 Å². The first-order valence-electron chi connectivity index (χ1n) is 5.78. The third-order valence-corrected chi connectivity index (χ3v) is 3.06. The van der Waals surface area contributed by atoms with E-state index in [0.29, 0.717) is 24.3 Å². The Morgan fingerprint density at radius 3 is 2.59 bits per heavy atom. The number of carbonyl (C=O) groups is 1. The molecule has 0 aliphatic heterocycles. The van der Waals surface area contributed by atoms with Crippen molar-refractivity contribution in [3.63, 3.8) is 0 Å². The second-order valence-electron chi connectivity index (χ2n) is 5.26. The number of aryl methyl sites for hydroxylation is 1. The summed E-state index contributed by atoms with van der Waals surface area (Å²) >= 11 is 5.95. The van der Waals surface area contributed by atoms with E-state index in [1.807, 2.05) is 20.8 Å². The van der Waals surface area contributed by atoms with Crippen LogP contribution in [0.1, 0.15) is 39.2 Å². The van der Waals surface area contributed by atoms with Crippen molar-refractivity contribution in [3.05, 3.63) is 34.6 Å². The lowest BCUT2D eigenvalue weighted by Crippen LogP contribution is -2.19.